The average Bonchev–Trinajstić information content (AvgIpc) is 2.47. The van der Waals surface area contributed by atoms with Gasteiger partial charge in [-0.05, 0) is 54.8 Å². The molecule has 0 fully saturated rings. The first-order valence-electron chi connectivity index (χ1n) is 6.63. The third-order valence-electron chi connectivity index (χ3n) is 3.12. The maximum atomic E-state index is 13.3. The summed E-state index contributed by atoms with van der Waals surface area (Å²) >= 11 is 5.60. The molecule has 0 aliphatic heterocycles. The molecule has 0 heterocycles. The second kappa shape index (κ2) is 7.15. The first kappa shape index (κ1) is 15.4. The van der Waals surface area contributed by atoms with Gasteiger partial charge in [0.25, 0.3) is 0 Å². The smallest absolute Gasteiger partial charge is 0.135 e. The third-order valence-corrected chi connectivity index (χ3v) is 3.25. The van der Waals surface area contributed by atoms with Gasteiger partial charge in [0.05, 0.1) is 11.4 Å². The van der Waals surface area contributed by atoms with Crippen molar-refractivity contribution in [2.45, 2.75) is 20.5 Å². The van der Waals surface area contributed by atoms with Gasteiger partial charge < -0.3 is 4.74 Å². The first-order chi connectivity index (χ1) is 10.1. The number of ether oxygens (including phenoxy) is 1. The number of hydrogen-bond acceptors (Lipinski definition) is 1. The Morgan fingerprint density at radius 1 is 1.14 bits per heavy atom. The molecule has 0 bridgehead atoms. The van der Waals surface area contributed by atoms with Crippen LogP contribution in [-0.4, -0.2) is 5.88 Å². The first-order valence-corrected chi connectivity index (χ1v) is 7.17. The van der Waals surface area contributed by atoms with Gasteiger partial charge in [0.2, 0.25) is 0 Å². The van der Waals surface area contributed by atoms with E-state index in [0.29, 0.717) is 12.4 Å². The zero-order chi connectivity index (χ0) is 15.2. The minimum atomic E-state index is -0.259. The molecule has 0 saturated carbocycles. The Balaban J connectivity index is 2.21. The lowest BCUT2D eigenvalue weighted by atomic mass is 10.1. The monoisotopic (exact) mass is 302 g/mol. The molecule has 2 aromatic carbocycles. The lowest BCUT2D eigenvalue weighted by molar-refractivity contribution is 0.304. The number of benzene rings is 2. The highest BCUT2D eigenvalue weighted by Gasteiger charge is 2.05. The predicted molar refractivity (Wildman–Crippen MR) is 84.2 cm³/mol. The van der Waals surface area contributed by atoms with Gasteiger partial charge in [-0.25, -0.2) is 4.39 Å². The van der Waals surface area contributed by atoms with Crippen molar-refractivity contribution in [2.24, 2.45) is 0 Å². The maximum Gasteiger partial charge on any atom is 0.135 e. The van der Waals surface area contributed by atoms with E-state index in [4.69, 9.17) is 16.3 Å². The molecule has 0 aromatic heterocycles. The highest BCUT2D eigenvalue weighted by molar-refractivity contribution is 6.19. The van der Waals surface area contributed by atoms with Crippen LogP contribution in [0.4, 0.5) is 4.39 Å². The molecule has 0 atom stereocenters. The molecular formula is C18H16ClFO. The molecule has 0 amide bonds. The molecule has 0 aliphatic rings. The second-order valence-electron chi connectivity index (χ2n) is 4.79. The fourth-order valence-corrected chi connectivity index (χ4v) is 2.01. The largest absolute Gasteiger partial charge is 0.488 e. The van der Waals surface area contributed by atoms with Crippen LogP contribution in [0.2, 0.25) is 0 Å². The van der Waals surface area contributed by atoms with E-state index >= 15 is 0 Å². The van der Waals surface area contributed by atoms with E-state index in [1.807, 2.05) is 32.0 Å². The van der Waals surface area contributed by atoms with E-state index < -0.39 is 0 Å². The third kappa shape index (κ3) is 4.24. The van der Waals surface area contributed by atoms with Gasteiger partial charge in [0.15, 0.2) is 0 Å². The molecule has 0 unspecified atom stereocenters. The van der Waals surface area contributed by atoms with Crippen molar-refractivity contribution in [3.8, 4) is 17.6 Å². The zero-order valence-electron chi connectivity index (χ0n) is 12.0. The van der Waals surface area contributed by atoms with Crippen molar-refractivity contribution in [3.05, 3.63) is 64.5 Å². The average molecular weight is 303 g/mol. The van der Waals surface area contributed by atoms with Crippen molar-refractivity contribution >= 4 is 11.6 Å². The number of aryl methyl sites for hydroxylation is 2. The van der Waals surface area contributed by atoms with E-state index in [-0.39, 0.29) is 11.7 Å². The van der Waals surface area contributed by atoms with Crippen molar-refractivity contribution < 1.29 is 9.13 Å². The lowest BCUT2D eigenvalue weighted by Crippen LogP contribution is -2.00. The van der Waals surface area contributed by atoms with E-state index in [2.05, 4.69) is 11.8 Å². The van der Waals surface area contributed by atoms with Gasteiger partial charge in [-0.15, -0.1) is 11.6 Å². The summed E-state index contributed by atoms with van der Waals surface area (Å²) in [5.41, 5.74) is 3.72. The van der Waals surface area contributed by atoms with Crippen LogP contribution in [-0.2, 0) is 6.61 Å². The summed E-state index contributed by atoms with van der Waals surface area (Å²) in [7, 11) is 0. The molecule has 0 radical (unpaired) electrons. The van der Waals surface area contributed by atoms with Crippen LogP contribution in [0.15, 0.2) is 36.4 Å². The molecular weight excluding hydrogens is 287 g/mol. The predicted octanol–water partition coefficient (Wildman–Crippen LogP) is 4.61. The SMILES string of the molecule is Cc1ccc(OCc2cc(F)ccc2C)c(C#CCCl)c1. The molecule has 108 valence electrons. The Labute approximate surface area is 129 Å². The van der Waals surface area contributed by atoms with Gasteiger partial charge in [-0.3, -0.25) is 0 Å². The Kier molecular flexibility index (Phi) is 5.25. The van der Waals surface area contributed by atoms with Crippen molar-refractivity contribution in [3.63, 3.8) is 0 Å². The van der Waals surface area contributed by atoms with Crippen LogP contribution >= 0.6 is 11.6 Å². The number of hydrogen-bond donors (Lipinski definition) is 0. The lowest BCUT2D eigenvalue weighted by Gasteiger charge is -2.11. The molecule has 0 N–H and O–H groups in total. The number of alkyl halides is 1. The van der Waals surface area contributed by atoms with Gasteiger partial charge in [-0.2, -0.15) is 0 Å². The van der Waals surface area contributed by atoms with Gasteiger partial charge >= 0.3 is 0 Å². The standard InChI is InChI=1S/C18H16ClFO/c1-13-5-8-18(15(10-13)4-3-9-19)21-12-16-11-17(20)7-6-14(16)2/h5-8,10-11H,9,12H2,1-2H3. The summed E-state index contributed by atoms with van der Waals surface area (Å²) in [4.78, 5) is 0. The van der Waals surface area contributed by atoms with Crippen LogP contribution in [0.25, 0.3) is 0 Å². The fraction of sp³-hybridized carbons (Fsp3) is 0.222. The zero-order valence-corrected chi connectivity index (χ0v) is 12.8. The van der Waals surface area contributed by atoms with Crippen LogP contribution < -0.4 is 4.74 Å². The molecule has 2 rings (SSSR count). The van der Waals surface area contributed by atoms with E-state index in [1.54, 1.807) is 6.07 Å². The molecule has 0 saturated heterocycles. The topological polar surface area (TPSA) is 9.23 Å². The number of halogens is 2. The molecule has 1 nitrogen and oxygen atoms in total. The second-order valence-corrected chi connectivity index (χ2v) is 5.06. The molecule has 0 spiro atoms. The minimum Gasteiger partial charge on any atom is -0.488 e. The summed E-state index contributed by atoms with van der Waals surface area (Å²) in [6, 6.07) is 10.5. The Morgan fingerprint density at radius 2 is 1.95 bits per heavy atom. The normalized spacial score (nSPS) is 9.90. The quantitative estimate of drug-likeness (QED) is 0.594. The molecule has 2 aromatic rings. The summed E-state index contributed by atoms with van der Waals surface area (Å²) < 4.78 is 19.1. The summed E-state index contributed by atoms with van der Waals surface area (Å²) in [5.74, 6) is 6.51. The molecule has 0 aliphatic carbocycles. The van der Waals surface area contributed by atoms with Crippen LogP contribution in [0, 0.1) is 31.5 Å². The number of rotatable bonds is 3. The Hall–Kier alpha value is -1.98. The summed E-state index contributed by atoms with van der Waals surface area (Å²) in [6.45, 7) is 4.23. The van der Waals surface area contributed by atoms with Crippen molar-refractivity contribution in [1.82, 2.24) is 0 Å². The van der Waals surface area contributed by atoms with E-state index in [0.717, 1.165) is 22.3 Å². The van der Waals surface area contributed by atoms with Crippen molar-refractivity contribution in [1.29, 1.82) is 0 Å². The van der Waals surface area contributed by atoms with E-state index in [1.165, 1.54) is 12.1 Å². The van der Waals surface area contributed by atoms with Gasteiger partial charge in [0.1, 0.15) is 18.2 Å². The van der Waals surface area contributed by atoms with Crippen LogP contribution in [0.1, 0.15) is 22.3 Å². The van der Waals surface area contributed by atoms with Gasteiger partial charge in [0, 0.05) is 0 Å². The minimum absolute atomic E-state index is 0.259. The Bertz CT molecular complexity index is 698. The van der Waals surface area contributed by atoms with Crippen LogP contribution in [0.5, 0.6) is 5.75 Å². The molecule has 3 heteroatoms. The summed E-state index contributed by atoms with van der Waals surface area (Å²) in [5, 5.41) is 0. The Morgan fingerprint density at radius 3 is 2.71 bits per heavy atom. The summed E-state index contributed by atoms with van der Waals surface area (Å²) in [6.07, 6.45) is 0. The van der Waals surface area contributed by atoms with Gasteiger partial charge in [-0.1, -0.05) is 24.0 Å². The van der Waals surface area contributed by atoms with Crippen LogP contribution in [0.3, 0.4) is 0 Å². The maximum absolute atomic E-state index is 13.3. The van der Waals surface area contributed by atoms with Crippen molar-refractivity contribution in [2.75, 3.05) is 5.88 Å². The molecule has 21 heavy (non-hydrogen) atoms. The van der Waals surface area contributed by atoms with E-state index in [9.17, 15) is 4.39 Å². The fourth-order valence-electron chi connectivity index (χ4n) is 1.95. The highest BCUT2D eigenvalue weighted by Crippen LogP contribution is 2.21. The highest BCUT2D eigenvalue weighted by atomic mass is 35.5.